The van der Waals surface area contributed by atoms with Crippen molar-refractivity contribution >= 4 is 0 Å². The molecule has 2 aromatic carbocycles. The van der Waals surface area contributed by atoms with Crippen LogP contribution in [0.15, 0.2) is 36.4 Å². The van der Waals surface area contributed by atoms with Gasteiger partial charge in [0.2, 0.25) is 5.75 Å². The van der Waals surface area contributed by atoms with Crippen LogP contribution in [0.25, 0.3) is 0 Å². The molecule has 0 amide bonds. The summed E-state index contributed by atoms with van der Waals surface area (Å²) in [4.78, 5) is 0. The molecule has 0 saturated heterocycles. The van der Waals surface area contributed by atoms with E-state index in [-0.39, 0.29) is 0 Å². The van der Waals surface area contributed by atoms with E-state index in [0.29, 0.717) is 17.2 Å². The summed E-state index contributed by atoms with van der Waals surface area (Å²) < 4.78 is 21.2. The van der Waals surface area contributed by atoms with E-state index in [1.54, 1.807) is 28.4 Å². The summed E-state index contributed by atoms with van der Waals surface area (Å²) in [6.07, 6.45) is 0.953. The van der Waals surface area contributed by atoms with Crippen LogP contribution in [0.2, 0.25) is 0 Å². The van der Waals surface area contributed by atoms with Gasteiger partial charge in [-0.2, -0.15) is 0 Å². The Balaban J connectivity index is 1.91. The lowest BCUT2D eigenvalue weighted by Gasteiger charge is -2.14. The van der Waals surface area contributed by atoms with Crippen LogP contribution in [0.1, 0.15) is 11.1 Å². The SMILES string of the molecule is COc1ccc(CCNCc2cc(OC)c(OC)c(OC)c2)cc1. The van der Waals surface area contributed by atoms with E-state index >= 15 is 0 Å². The van der Waals surface area contributed by atoms with Gasteiger partial charge in [0.25, 0.3) is 0 Å². The summed E-state index contributed by atoms with van der Waals surface area (Å²) in [5.74, 6) is 2.83. The molecule has 0 fully saturated rings. The Bertz CT molecular complexity index is 615. The van der Waals surface area contributed by atoms with Crippen LogP contribution in [0, 0.1) is 0 Å². The molecule has 5 heteroatoms. The maximum Gasteiger partial charge on any atom is 0.203 e. The molecule has 1 N–H and O–H groups in total. The van der Waals surface area contributed by atoms with Crippen LogP contribution in [0.5, 0.6) is 23.0 Å². The van der Waals surface area contributed by atoms with Crippen molar-refractivity contribution in [3.8, 4) is 23.0 Å². The summed E-state index contributed by atoms with van der Waals surface area (Å²) in [5, 5.41) is 3.44. The van der Waals surface area contributed by atoms with Crippen molar-refractivity contribution < 1.29 is 18.9 Å². The molecule has 24 heavy (non-hydrogen) atoms. The van der Waals surface area contributed by atoms with Crippen molar-refractivity contribution in [1.29, 1.82) is 0 Å². The first-order valence-electron chi connectivity index (χ1n) is 7.84. The summed E-state index contributed by atoms with van der Waals surface area (Å²) in [6, 6.07) is 12.0. The van der Waals surface area contributed by atoms with Gasteiger partial charge in [0, 0.05) is 6.54 Å². The van der Waals surface area contributed by atoms with Gasteiger partial charge in [0.05, 0.1) is 28.4 Å². The lowest BCUT2D eigenvalue weighted by Crippen LogP contribution is -2.16. The van der Waals surface area contributed by atoms with Crippen molar-refractivity contribution in [2.75, 3.05) is 35.0 Å². The van der Waals surface area contributed by atoms with Gasteiger partial charge in [-0.1, -0.05) is 12.1 Å². The molecule has 0 aromatic heterocycles. The average molecular weight is 331 g/mol. The van der Waals surface area contributed by atoms with Gasteiger partial charge < -0.3 is 24.3 Å². The first-order valence-corrected chi connectivity index (χ1v) is 7.84. The Morgan fingerprint density at radius 1 is 0.750 bits per heavy atom. The molecule has 0 aliphatic rings. The second-order valence-electron chi connectivity index (χ2n) is 5.31. The number of ether oxygens (including phenoxy) is 4. The number of benzene rings is 2. The maximum atomic E-state index is 5.37. The molecule has 0 radical (unpaired) electrons. The number of rotatable bonds is 9. The van der Waals surface area contributed by atoms with Crippen LogP contribution in [0.4, 0.5) is 0 Å². The Kier molecular flexibility index (Phi) is 6.75. The second-order valence-corrected chi connectivity index (χ2v) is 5.31. The highest BCUT2D eigenvalue weighted by Gasteiger charge is 2.12. The highest BCUT2D eigenvalue weighted by Crippen LogP contribution is 2.38. The predicted octanol–water partition coefficient (Wildman–Crippen LogP) is 3.05. The Morgan fingerprint density at radius 2 is 1.38 bits per heavy atom. The molecule has 0 heterocycles. The first-order chi connectivity index (χ1) is 11.7. The molecule has 130 valence electrons. The van der Waals surface area contributed by atoms with Gasteiger partial charge >= 0.3 is 0 Å². The zero-order valence-corrected chi connectivity index (χ0v) is 14.7. The van der Waals surface area contributed by atoms with Gasteiger partial charge in [0.15, 0.2) is 11.5 Å². The van der Waals surface area contributed by atoms with Crippen LogP contribution in [-0.2, 0) is 13.0 Å². The summed E-state index contributed by atoms with van der Waals surface area (Å²) in [7, 11) is 6.53. The molecular formula is C19H25NO4. The van der Waals surface area contributed by atoms with Crippen LogP contribution in [0.3, 0.4) is 0 Å². The van der Waals surface area contributed by atoms with Crippen molar-refractivity contribution in [3.63, 3.8) is 0 Å². The average Bonchev–Trinajstić information content (AvgIpc) is 2.64. The van der Waals surface area contributed by atoms with E-state index in [1.165, 1.54) is 5.56 Å². The first kappa shape index (κ1) is 17.9. The summed E-state index contributed by atoms with van der Waals surface area (Å²) in [5.41, 5.74) is 2.35. The minimum Gasteiger partial charge on any atom is -0.497 e. The minimum absolute atomic E-state index is 0.613. The molecule has 0 aliphatic carbocycles. The lowest BCUT2D eigenvalue weighted by atomic mass is 10.1. The fourth-order valence-corrected chi connectivity index (χ4v) is 2.50. The zero-order valence-electron chi connectivity index (χ0n) is 14.7. The van der Waals surface area contributed by atoms with Crippen molar-refractivity contribution in [2.45, 2.75) is 13.0 Å². The fourth-order valence-electron chi connectivity index (χ4n) is 2.50. The fraction of sp³-hybridized carbons (Fsp3) is 0.368. The maximum absolute atomic E-state index is 5.37. The quantitative estimate of drug-likeness (QED) is 0.716. The molecule has 2 aromatic rings. The monoisotopic (exact) mass is 331 g/mol. The number of hydrogen-bond acceptors (Lipinski definition) is 5. The van der Waals surface area contributed by atoms with Crippen LogP contribution in [-0.4, -0.2) is 35.0 Å². The smallest absolute Gasteiger partial charge is 0.203 e. The van der Waals surface area contributed by atoms with Crippen molar-refractivity contribution in [1.82, 2.24) is 5.32 Å². The van der Waals surface area contributed by atoms with Gasteiger partial charge in [-0.25, -0.2) is 0 Å². The van der Waals surface area contributed by atoms with E-state index < -0.39 is 0 Å². The van der Waals surface area contributed by atoms with E-state index in [0.717, 1.165) is 30.8 Å². The Labute approximate surface area is 143 Å². The van der Waals surface area contributed by atoms with Crippen molar-refractivity contribution in [3.05, 3.63) is 47.5 Å². The van der Waals surface area contributed by atoms with E-state index in [2.05, 4.69) is 17.4 Å². The third-order valence-corrected chi connectivity index (χ3v) is 3.80. The van der Waals surface area contributed by atoms with Gasteiger partial charge in [-0.15, -0.1) is 0 Å². The van der Waals surface area contributed by atoms with Crippen LogP contribution < -0.4 is 24.3 Å². The third kappa shape index (κ3) is 4.55. The third-order valence-electron chi connectivity index (χ3n) is 3.80. The van der Waals surface area contributed by atoms with Gasteiger partial charge in [-0.05, 0) is 48.4 Å². The highest BCUT2D eigenvalue weighted by atomic mass is 16.5. The molecule has 0 spiro atoms. The number of nitrogens with one attached hydrogen (secondary N) is 1. The highest BCUT2D eigenvalue weighted by molar-refractivity contribution is 5.53. The Morgan fingerprint density at radius 3 is 1.88 bits per heavy atom. The van der Waals surface area contributed by atoms with Gasteiger partial charge in [0.1, 0.15) is 5.75 Å². The zero-order chi connectivity index (χ0) is 17.4. The molecule has 0 saturated carbocycles. The minimum atomic E-state index is 0.613. The molecular weight excluding hydrogens is 306 g/mol. The predicted molar refractivity (Wildman–Crippen MR) is 94.5 cm³/mol. The van der Waals surface area contributed by atoms with E-state index in [9.17, 15) is 0 Å². The summed E-state index contributed by atoms with van der Waals surface area (Å²) in [6.45, 7) is 1.61. The molecule has 0 bridgehead atoms. The topological polar surface area (TPSA) is 49.0 Å². The molecule has 0 unspecified atom stereocenters. The molecule has 0 aliphatic heterocycles. The standard InChI is InChI=1S/C19H25NO4/c1-21-16-7-5-14(6-8-16)9-10-20-13-15-11-17(22-2)19(24-4)18(12-15)23-3/h5-8,11-12,20H,9-10,13H2,1-4H3. The normalized spacial score (nSPS) is 10.3. The lowest BCUT2D eigenvalue weighted by molar-refractivity contribution is 0.323. The van der Waals surface area contributed by atoms with Gasteiger partial charge in [-0.3, -0.25) is 0 Å². The molecule has 2 rings (SSSR count). The van der Waals surface area contributed by atoms with Crippen LogP contribution >= 0.6 is 0 Å². The van der Waals surface area contributed by atoms with Crippen molar-refractivity contribution in [2.24, 2.45) is 0 Å². The number of methoxy groups -OCH3 is 4. The molecule has 5 nitrogen and oxygen atoms in total. The number of hydrogen-bond donors (Lipinski definition) is 1. The van der Waals surface area contributed by atoms with E-state index in [4.69, 9.17) is 18.9 Å². The van der Waals surface area contributed by atoms with E-state index in [1.807, 2.05) is 24.3 Å². The Hall–Kier alpha value is -2.40. The largest absolute Gasteiger partial charge is 0.497 e. The molecule has 0 atom stereocenters. The second kappa shape index (κ2) is 9.03. The summed E-state index contributed by atoms with van der Waals surface area (Å²) >= 11 is 0.